The van der Waals surface area contributed by atoms with E-state index in [4.69, 9.17) is 28.9 Å². The fraction of sp³-hybridized carbons (Fsp3) is 0.368. The standard InChI is InChI=1S/C19H18Cl2F6N2/c1-2-29(10-17(28)12-3-4-15(20)16(21)7-12)9-11-5-13(18(22,23)24)8-14(6-11)19(25,26)27/h3-8,17H,2,9-10,28H2,1H3. The molecule has 160 valence electrons. The maximum atomic E-state index is 13.0. The van der Waals surface area contributed by atoms with E-state index in [1.807, 2.05) is 0 Å². The Labute approximate surface area is 174 Å². The third-order valence-corrected chi connectivity index (χ3v) is 5.07. The van der Waals surface area contributed by atoms with Gasteiger partial charge in [0.15, 0.2) is 0 Å². The lowest BCUT2D eigenvalue weighted by molar-refractivity contribution is -0.143. The van der Waals surface area contributed by atoms with E-state index in [-0.39, 0.29) is 24.7 Å². The maximum absolute atomic E-state index is 13.0. The number of benzene rings is 2. The van der Waals surface area contributed by atoms with E-state index in [1.165, 1.54) is 0 Å². The normalized spacial score (nSPS) is 13.8. The zero-order valence-corrected chi connectivity index (χ0v) is 16.7. The molecular weight excluding hydrogens is 441 g/mol. The van der Waals surface area contributed by atoms with Crippen LogP contribution in [0, 0.1) is 0 Å². The summed E-state index contributed by atoms with van der Waals surface area (Å²) in [5.74, 6) is 0. The van der Waals surface area contributed by atoms with Gasteiger partial charge in [-0.2, -0.15) is 26.3 Å². The first-order valence-electron chi connectivity index (χ1n) is 8.52. The van der Waals surface area contributed by atoms with Gasteiger partial charge in [0, 0.05) is 19.1 Å². The second-order valence-corrected chi connectivity index (χ2v) is 7.34. The van der Waals surface area contributed by atoms with Crippen molar-refractivity contribution in [3.63, 3.8) is 0 Å². The minimum absolute atomic E-state index is 0.102. The Balaban J connectivity index is 2.26. The summed E-state index contributed by atoms with van der Waals surface area (Å²) in [6.45, 7) is 2.18. The molecule has 0 radical (unpaired) electrons. The van der Waals surface area contributed by atoms with Crippen LogP contribution in [0.4, 0.5) is 26.3 Å². The molecule has 0 amide bonds. The van der Waals surface area contributed by atoms with Crippen molar-refractivity contribution in [3.8, 4) is 0 Å². The quantitative estimate of drug-likeness (QED) is 0.497. The fourth-order valence-electron chi connectivity index (χ4n) is 2.80. The first-order valence-corrected chi connectivity index (χ1v) is 9.28. The molecule has 2 nitrogen and oxygen atoms in total. The molecule has 0 saturated heterocycles. The Morgan fingerprint density at radius 2 is 1.45 bits per heavy atom. The van der Waals surface area contributed by atoms with Gasteiger partial charge in [-0.15, -0.1) is 0 Å². The lowest BCUT2D eigenvalue weighted by Crippen LogP contribution is -2.32. The topological polar surface area (TPSA) is 29.3 Å². The molecule has 0 aliphatic carbocycles. The van der Waals surface area contributed by atoms with Gasteiger partial charge in [-0.1, -0.05) is 36.2 Å². The number of halogens is 8. The Morgan fingerprint density at radius 3 is 1.90 bits per heavy atom. The first kappa shape index (κ1) is 23.8. The maximum Gasteiger partial charge on any atom is 0.416 e. The van der Waals surface area contributed by atoms with Gasteiger partial charge in [-0.05, 0) is 48.0 Å². The van der Waals surface area contributed by atoms with Crippen LogP contribution in [0.5, 0.6) is 0 Å². The zero-order chi connectivity index (χ0) is 22.0. The van der Waals surface area contributed by atoms with Crippen molar-refractivity contribution < 1.29 is 26.3 Å². The number of nitrogens with two attached hydrogens (primary N) is 1. The molecule has 0 bridgehead atoms. The van der Waals surface area contributed by atoms with Crippen molar-refractivity contribution in [3.05, 3.63) is 68.7 Å². The second kappa shape index (κ2) is 9.12. The Kier molecular flexibility index (Phi) is 7.48. The highest BCUT2D eigenvalue weighted by Crippen LogP contribution is 2.36. The summed E-state index contributed by atoms with van der Waals surface area (Å²) in [6.07, 6.45) is -9.77. The Hall–Kier alpha value is -1.48. The van der Waals surface area contributed by atoms with Gasteiger partial charge in [-0.3, -0.25) is 4.90 Å². The van der Waals surface area contributed by atoms with E-state index < -0.39 is 29.5 Å². The molecule has 0 aromatic heterocycles. The molecule has 1 atom stereocenters. The predicted molar refractivity (Wildman–Crippen MR) is 101 cm³/mol. The van der Waals surface area contributed by atoms with Gasteiger partial charge in [0.25, 0.3) is 0 Å². The van der Waals surface area contributed by atoms with Crippen LogP contribution >= 0.6 is 23.2 Å². The van der Waals surface area contributed by atoms with Gasteiger partial charge in [0.2, 0.25) is 0 Å². The van der Waals surface area contributed by atoms with Gasteiger partial charge in [0.05, 0.1) is 21.2 Å². The van der Waals surface area contributed by atoms with Crippen molar-refractivity contribution in [1.29, 1.82) is 0 Å². The minimum Gasteiger partial charge on any atom is -0.323 e. The molecule has 2 N–H and O–H groups in total. The average Bonchev–Trinajstić information content (AvgIpc) is 2.61. The van der Waals surface area contributed by atoms with Crippen molar-refractivity contribution in [2.75, 3.05) is 13.1 Å². The molecule has 2 rings (SSSR count). The third-order valence-electron chi connectivity index (χ3n) is 4.33. The fourth-order valence-corrected chi connectivity index (χ4v) is 3.11. The van der Waals surface area contributed by atoms with Crippen molar-refractivity contribution in [1.82, 2.24) is 4.90 Å². The minimum atomic E-state index is -4.89. The van der Waals surface area contributed by atoms with E-state index in [0.29, 0.717) is 22.2 Å². The van der Waals surface area contributed by atoms with Gasteiger partial charge >= 0.3 is 12.4 Å². The molecule has 0 saturated carbocycles. The highest BCUT2D eigenvalue weighted by atomic mass is 35.5. The van der Waals surface area contributed by atoms with Crippen molar-refractivity contribution in [2.24, 2.45) is 5.73 Å². The molecule has 10 heteroatoms. The zero-order valence-electron chi connectivity index (χ0n) is 15.2. The van der Waals surface area contributed by atoms with E-state index in [0.717, 1.165) is 12.1 Å². The Bertz CT molecular complexity index is 819. The van der Waals surface area contributed by atoms with Gasteiger partial charge < -0.3 is 5.73 Å². The molecule has 0 aliphatic rings. The van der Waals surface area contributed by atoms with Crippen LogP contribution in [0.2, 0.25) is 10.0 Å². The number of alkyl halides is 6. The van der Waals surface area contributed by atoms with Crippen LogP contribution in [-0.4, -0.2) is 18.0 Å². The first-order chi connectivity index (χ1) is 13.3. The summed E-state index contributed by atoms with van der Waals surface area (Å²) in [5, 5.41) is 0.647. The summed E-state index contributed by atoms with van der Waals surface area (Å²) in [5.41, 5.74) is 4.01. The second-order valence-electron chi connectivity index (χ2n) is 6.52. The van der Waals surface area contributed by atoms with E-state index in [9.17, 15) is 26.3 Å². The SMILES string of the molecule is CCN(Cc1cc(C(F)(F)F)cc(C(F)(F)F)c1)CC(N)c1ccc(Cl)c(Cl)c1. The highest BCUT2D eigenvalue weighted by Gasteiger charge is 2.37. The molecule has 0 fully saturated rings. The smallest absolute Gasteiger partial charge is 0.323 e. The van der Waals surface area contributed by atoms with E-state index in [2.05, 4.69) is 0 Å². The molecule has 0 aliphatic heterocycles. The van der Waals surface area contributed by atoms with Crippen LogP contribution in [0.1, 0.15) is 35.2 Å². The number of hydrogen-bond acceptors (Lipinski definition) is 2. The molecule has 0 spiro atoms. The third kappa shape index (κ3) is 6.50. The average molecular weight is 459 g/mol. The van der Waals surface area contributed by atoms with Crippen LogP contribution < -0.4 is 5.73 Å². The summed E-state index contributed by atoms with van der Waals surface area (Å²) in [4.78, 5) is 1.66. The Morgan fingerprint density at radius 1 is 0.897 bits per heavy atom. The molecule has 2 aromatic carbocycles. The van der Waals surface area contributed by atoms with Crippen LogP contribution in [-0.2, 0) is 18.9 Å². The number of likely N-dealkylation sites (N-methyl/N-ethyl adjacent to an activating group) is 1. The molecular formula is C19H18Cl2F6N2. The predicted octanol–water partition coefficient (Wildman–Crippen LogP) is 6.55. The molecule has 29 heavy (non-hydrogen) atoms. The van der Waals surface area contributed by atoms with Gasteiger partial charge in [0.1, 0.15) is 0 Å². The van der Waals surface area contributed by atoms with Crippen molar-refractivity contribution >= 4 is 23.2 Å². The van der Waals surface area contributed by atoms with Crippen LogP contribution in [0.3, 0.4) is 0 Å². The summed E-state index contributed by atoms with van der Waals surface area (Å²) >= 11 is 11.8. The lowest BCUT2D eigenvalue weighted by atomic mass is 10.0. The molecule has 0 heterocycles. The number of nitrogens with zero attached hydrogens (tertiary/aromatic N) is 1. The number of hydrogen-bond donors (Lipinski definition) is 1. The monoisotopic (exact) mass is 458 g/mol. The van der Waals surface area contributed by atoms with Crippen LogP contribution in [0.15, 0.2) is 36.4 Å². The summed E-state index contributed by atoms with van der Waals surface area (Å²) in [6, 6.07) is 5.81. The van der Waals surface area contributed by atoms with Gasteiger partial charge in [-0.25, -0.2) is 0 Å². The van der Waals surface area contributed by atoms with Crippen LogP contribution in [0.25, 0.3) is 0 Å². The molecule has 2 aromatic rings. The molecule has 1 unspecified atom stereocenters. The summed E-state index contributed by atoms with van der Waals surface area (Å²) in [7, 11) is 0. The largest absolute Gasteiger partial charge is 0.416 e. The summed E-state index contributed by atoms with van der Waals surface area (Å²) < 4.78 is 78.2. The highest BCUT2D eigenvalue weighted by molar-refractivity contribution is 6.42. The number of rotatable bonds is 6. The van der Waals surface area contributed by atoms with E-state index in [1.54, 1.807) is 30.0 Å². The van der Waals surface area contributed by atoms with E-state index >= 15 is 0 Å². The van der Waals surface area contributed by atoms with Crippen molar-refractivity contribution in [2.45, 2.75) is 31.9 Å². The lowest BCUT2D eigenvalue weighted by Gasteiger charge is -2.25.